The van der Waals surface area contributed by atoms with Crippen LogP contribution in [0.25, 0.3) is 0 Å². The number of sulfonamides is 1. The van der Waals surface area contributed by atoms with E-state index in [1.807, 2.05) is 30.9 Å². The van der Waals surface area contributed by atoms with Crippen LogP contribution in [0, 0.1) is 13.8 Å². The summed E-state index contributed by atoms with van der Waals surface area (Å²) in [5.41, 5.74) is 1.64. The summed E-state index contributed by atoms with van der Waals surface area (Å²) in [6.07, 6.45) is 0.513. The molecule has 1 atom stereocenters. The minimum atomic E-state index is -3.53. The van der Waals surface area contributed by atoms with Crippen molar-refractivity contribution in [1.82, 2.24) is 9.21 Å². The van der Waals surface area contributed by atoms with Gasteiger partial charge in [0.2, 0.25) is 10.0 Å². The van der Waals surface area contributed by atoms with Gasteiger partial charge in [0.05, 0.1) is 4.90 Å². The highest BCUT2D eigenvalue weighted by Crippen LogP contribution is 2.23. The lowest BCUT2D eigenvalue weighted by atomic mass is 10.1. The Balaban J connectivity index is 2.16. The van der Waals surface area contributed by atoms with Crippen molar-refractivity contribution in [1.29, 1.82) is 0 Å². The Hall–Kier alpha value is -1.44. The first-order valence-electron chi connectivity index (χ1n) is 7.81. The molecule has 2 rings (SSSR count). The largest absolute Gasteiger partial charge is 0.480 e. The molecule has 0 amide bonds. The van der Waals surface area contributed by atoms with E-state index < -0.39 is 22.0 Å². The summed E-state index contributed by atoms with van der Waals surface area (Å²) >= 11 is 0. The molecular weight excluding hydrogens is 316 g/mol. The monoisotopic (exact) mass is 340 g/mol. The first-order chi connectivity index (χ1) is 10.8. The molecule has 7 heteroatoms. The maximum atomic E-state index is 12.8. The number of hydrogen-bond donors (Lipinski definition) is 1. The second kappa shape index (κ2) is 6.98. The van der Waals surface area contributed by atoms with E-state index in [-0.39, 0.29) is 0 Å². The number of nitrogens with zero attached hydrogens (tertiary/aromatic N) is 2. The smallest absolute Gasteiger partial charge is 0.320 e. The fourth-order valence-electron chi connectivity index (χ4n) is 2.97. The zero-order chi connectivity index (χ0) is 17.2. The summed E-state index contributed by atoms with van der Waals surface area (Å²) in [4.78, 5) is 13.4. The van der Waals surface area contributed by atoms with Crippen molar-refractivity contribution in [2.75, 3.05) is 26.2 Å². The van der Waals surface area contributed by atoms with Crippen molar-refractivity contribution in [2.24, 2.45) is 0 Å². The Morgan fingerprint density at radius 3 is 2.35 bits per heavy atom. The highest BCUT2D eigenvalue weighted by atomic mass is 32.2. The lowest BCUT2D eigenvalue weighted by molar-refractivity contribution is -0.143. The van der Waals surface area contributed by atoms with Crippen LogP contribution < -0.4 is 0 Å². The molecule has 1 aliphatic heterocycles. The average molecular weight is 340 g/mol. The molecule has 0 spiro atoms. The van der Waals surface area contributed by atoms with Gasteiger partial charge in [-0.05, 0) is 37.5 Å². The van der Waals surface area contributed by atoms with Crippen molar-refractivity contribution in [2.45, 2.75) is 38.1 Å². The Morgan fingerprint density at radius 2 is 1.83 bits per heavy atom. The van der Waals surface area contributed by atoms with E-state index in [4.69, 9.17) is 0 Å². The number of aliphatic carboxylic acids is 1. The number of rotatable bonds is 5. The fraction of sp³-hybridized carbons (Fsp3) is 0.562. The zero-order valence-corrected chi connectivity index (χ0v) is 14.6. The lowest BCUT2D eigenvalue weighted by Crippen LogP contribution is -2.53. The zero-order valence-electron chi connectivity index (χ0n) is 13.8. The van der Waals surface area contributed by atoms with Gasteiger partial charge in [-0.15, -0.1) is 0 Å². The van der Waals surface area contributed by atoms with E-state index in [9.17, 15) is 18.3 Å². The molecule has 1 aromatic rings. The second-order valence-electron chi connectivity index (χ2n) is 5.97. The first kappa shape index (κ1) is 17.9. The minimum absolute atomic E-state index is 0.319. The molecule has 1 unspecified atom stereocenters. The van der Waals surface area contributed by atoms with Gasteiger partial charge in [0.1, 0.15) is 6.04 Å². The number of aryl methyl sites for hydroxylation is 2. The Morgan fingerprint density at radius 1 is 1.22 bits per heavy atom. The molecule has 23 heavy (non-hydrogen) atoms. The van der Waals surface area contributed by atoms with Gasteiger partial charge < -0.3 is 5.11 Å². The van der Waals surface area contributed by atoms with Gasteiger partial charge in [0.25, 0.3) is 0 Å². The van der Waals surface area contributed by atoms with E-state index in [2.05, 4.69) is 0 Å². The fourth-order valence-corrected chi connectivity index (χ4v) is 4.70. The summed E-state index contributed by atoms with van der Waals surface area (Å²) in [6, 6.07) is 4.87. The summed E-state index contributed by atoms with van der Waals surface area (Å²) in [6.45, 7) is 7.01. The third-order valence-electron chi connectivity index (χ3n) is 4.35. The predicted molar refractivity (Wildman–Crippen MR) is 88.0 cm³/mol. The van der Waals surface area contributed by atoms with E-state index >= 15 is 0 Å². The van der Waals surface area contributed by atoms with Gasteiger partial charge in [-0.25, -0.2) is 8.42 Å². The molecule has 0 saturated carbocycles. The van der Waals surface area contributed by atoms with Crippen LogP contribution in [0.2, 0.25) is 0 Å². The Labute approximate surface area is 137 Å². The summed E-state index contributed by atoms with van der Waals surface area (Å²) in [5.74, 6) is -0.849. The molecular formula is C16H24N2O4S. The molecule has 6 nitrogen and oxygen atoms in total. The summed E-state index contributed by atoms with van der Waals surface area (Å²) in [7, 11) is -3.53. The predicted octanol–water partition coefficient (Wildman–Crippen LogP) is 1.47. The minimum Gasteiger partial charge on any atom is -0.480 e. The van der Waals surface area contributed by atoms with Crippen LogP contribution in [0.1, 0.15) is 24.5 Å². The molecule has 1 aromatic carbocycles. The van der Waals surface area contributed by atoms with Gasteiger partial charge in [0, 0.05) is 26.2 Å². The van der Waals surface area contributed by atoms with Crippen LogP contribution in [-0.2, 0) is 14.8 Å². The van der Waals surface area contributed by atoms with Crippen molar-refractivity contribution < 1.29 is 18.3 Å². The first-order valence-corrected chi connectivity index (χ1v) is 9.25. The molecule has 0 bridgehead atoms. The quantitative estimate of drug-likeness (QED) is 0.878. The topological polar surface area (TPSA) is 77.9 Å². The molecule has 0 radical (unpaired) electrons. The molecule has 1 aliphatic rings. The number of carbonyl (C=O) groups is 1. The summed E-state index contributed by atoms with van der Waals surface area (Å²) in [5, 5.41) is 9.22. The third-order valence-corrected chi connectivity index (χ3v) is 6.39. The van der Waals surface area contributed by atoms with Gasteiger partial charge in [-0.2, -0.15) is 4.31 Å². The third kappa shape index (κ3) is 3.73. The van der Waals surface area contributed by atoms with Gasteiger partial charge >= 0.3 is 5.97 Å². The van der Waals surface area contributed by atoms with E-state index in [1.54, 1.807) is 13.0 Å². The van der Waals surface area contributed by atoms with Gasteiger partial charge in [0.15, 0.2) is 0 Å². The standard InChI is InChI=1S/C16H24N2O4S/c1-4-14(16(19)20)17-7-9-18(10-8-17)23(21,22)15-11-12(2)5-6-13(15)3/h5-6,11,14H,4,7-10H2,1-3H3,(H,19,20). The number of benzene rings is 1. The molecule has 1 heterocycles. The van der Waals surface area contributed by atoms with Gasteiger partial charge in [-0.1, -0.05) is 19.1 Å². The van der Waals surface area contributed by atoms with Crippen molar-refractivity contribution >= 4 is 16.0 Å². The van der Waals surface area contributed by atoms with E-state index in [0.29, 0.717) is 37.5 Å². The van der Waals surface area contributed by atoms with Crippen LogP contribution in [0.5, 0.6) is 0 Å². The molecule has 1 fully saturated rings. The van der Waals surface area contributed by atoms with Crippen LogP contribution in [-0.4, -0.2) is 60.9 Å². The number of carboxylic acids is 1. The lowest BCUT2D eigenvalue weighted by Gasteiger charge is -2.36. The Bertz CT molecular complexity index is 679. The van der Waals surface area contributed by atoms with Crippen LogP contribution in [0.3, 0.4) is 0 Å². The van der Waals surface area contributed by atoms with E-state index in [1.165, 1.54) is 4.31 Å². The van der Waals surface area contributed by atoms with Crippen molar-refractivity contribution in [3.05, 3.63) is 29.3 Å². The molecule has 128 valence electrons. The van der Waals surface area contributed by atoms with Crippen molar-refractivity contribution in [3.8, 4) is 0 Å². The Kier molecular flexibility index (Phi) is 5.44. The number of carboxylic acid groups (broad SMARTS) is 1. The highest BCUT2D eigenvalue weighted by Gasteiger charge is 2.33. The molecule has 0 aliphatic carbocycles. The molecule has 0 aromatic heterocycles. The SMILES string of the molecule is CCC(C(=O)O)N1CCN(S(=O)(=O)c2cc(C)ccc2C)CC1. The van der Waals surface area contributed by atoms with Crippen LogP contribution in [0.4, 0.5) is 0 Å². The average Bonchev–Trinajstić information content (AvgIpc) is 2.50. The second-order valence-corrected chi connectivity index (χ2v) is 7.88. The van der Waals surface area contributed by atoms with Crippen LogP contribution in [0.15, 0.2) is 23.1 Å². The van der Waals surface area contributed by atoms with Crippen molar-refractivity contribution in [3.63, 3.8) is 0 Å². The number of piperazine rings is 1. The van der Waals surface area contributed by atoms with Gasteiger partial charge in [-0.3, -0.25) is 9.69 Å². The maximum absolute atomic E-state index is 12.8. The highest BCUT2D eigenvalue weighted by molar-refractivity contribution is 7.89. The summed E-state index contributed by atoms with van der Waals surface area (Å²) < 4.78 is 27.1. The van der Waals surface area contributed by atoms with Crippen LogP contribution >= 0.6 is 0 Å². The molecule has 1 saturated heterocycles. The molecule has 1 N–H and O–H groups in total. The maximum Gasteiger partial charge on any atom is 0.320 e. The number of hydrogen-bond acceptors (Lipinski definition) is 4. The van der Waals surface area contributed by atoms with E-state index in [0.717, 1.165) is 11.1 Å². The normalized spacial score (nSPS) is 18.7.